The van der Waals surface area contributed by atoms with Crippen LogP contribution in [0.4, 0.5) is 26.3 Å². The van der Waals surface area contributed by atoms with E-state index >= 15 is 8.78 Å². The van der Waals surface area contributed by atoms with Crippen molar-refractivity contribution < 1.29 is 45.7 Å². The van der Waals surface area contributed by atoms with Crippen LogP contribution in [0.5, 0.6) is 5.88 Å². The number of benzene rings is 3. The molecule has 0 spiro atoms. The van der Waals surface area contributed by atoms with E-state index in [1.807, 2.05) is 6.07 Å². The van der Waals surface area contributed by atoms with Gasteiger partial charge in [-0.2, -0.15) is 18.4 Å². The molecule has 250 valence electrons. The first kappa shape index (κ1) is 32.1. The minimum atomic E-state index is -4.54. The topological polar surface area (TPSA) is 110 Å². The van der Waals surface area contributed by atoms with Crippen LogP contribution in [0, 0.1) is 34.7 Å². The number of pyridine rings is 1. The molecule has 0 radical (unpaired) electrons. The molecule has 3 aliphatic rings. The highest BCUT2D eigenvalue weighted by Gasteiger charge is 2.65. The number of imidazole rings is 1. The van der Waals surface area contributed by atoms with Gasteiger partial charge in [0.25, 0.3) is 0 Å². The van der Waals surface area contributed by atoms with Crippen LogP contribution in [0.1, 0.15) is 45.7 Å². The number of hydrogen-bond acceptors (Lipinski definition) is 6. The Labute approximate surface area is 274 Å². The van der Waals surface area contributed by atoms with Crippen LogP contribution in [-0.2, 0) is 24.3 Å². The van der Waals surface area contributed by atoms with Crippen molar-refractivity contribution in [2.24, 2.45) is 5.92 Å². The predicted molar refractivity (Wildman–Crippen MR) is 161 cm³/mol. The Morgan fingerprint density at radius 2 is 1.78 bits per heavy atom. The second-order valence-electron chi connectivity index (χ2n) is 12.2. The second kappa shape index (κ2) is 11.9. The maximum Gasteiger partial charge on any atom is 0.414 e. The normalized spacial score (nSPS) is 19.9. The number of fused-ring (bicyclic) bond motifs is 2. The monoisotopic (exact) mass is 678 g/mol. The lowest BCUT2D eigenvalue weighted by atomic mass is 9.72. The standard InChI is InChI=1S/C35H24F6N4O4/c36-24-8-18(15-42)4-5-20(24)16-48-31-3-1-2-27(44-31)23-12-25(37)21(9-26(23)38)11-30-43-28-7-6-19(33(46)47)10-29(28)45(30)17-34-13-22(14-34)32(49-34)35(39,40)41/h1-10,12,22,32H,11,13-14,16-17H2,(H,46,47). The average Bonchev–Trinajstić information content (AvgIpc) is 3.72. The van der Waals surface area contributed by atoms with Crippen LogP contribution in [0.25, 0.3) is 22.3 Å². The third-order valence-electron chi connectivity index (χ3n) is 8.96. The van der Waals surface area contributed by atoms with Crippen LogP contribution in [-0.4, -0.2) is 43.5 Å². The Balaban J connectivity index is 1.16. The van der Waals surface area contributed by atoms with Gasteiger partial charge >= 0.3 is 12.1 Å². The lowest BCUT2D eigenvalue weighted by molar-refractivity contribution is -0.217. The first-order valence-corrected chi connectivity index (χ1v) is 15.1. The number of rotatable bonds is 9. The lowest BCUT2D eigenvalue weighted by Crippen LogP contribution is -2.41. The highest BCUT2D eigenvalue weighted by atomic mass is 19.4. The Hall–Kier alpha value is -5.42. The number of carboxylic acid groups (broad SMARTS) is 1. The van der Waals surface area contributed by atoms with Crippen molar-refractivity contribution >= 4 is 17.0 Å². The van der Waals surface area contributed by atoms with Gasteiger partial charge in [-0.05, 0) is 72.9 Å². The van der Waals surface area contributed by atoms with Gasteiger partial charge in [-0.25, -0.2) is 27.9 Å². The van der Waals surface area contributed by atoms with Crippen molar-refractivity contribution in [3.05, 3.63) is 112 Å². The smallest absolute Gasteiger partial charge is 0.414 e. The molecule has 2 bridgehead atoms. The number of carbonyl (C=O) groups is 1. The molecule has 2 aliphatic heterocycles. The summed E-state index contributed by atoms with van der Waals surface area (Å²) < 4.78 is 98.7. The Morgan fingerprint density at radius 1 is 1.00 bits per heavy atom. The summed E-state index contributed by atoms with van der Waals surface area (Å²) in [6, 6.07) is 16.2. The molecule has 8 nitrogen and oxygen atoms in total. The highest BCUT2D eigenvalue weighted by molar-refractivity contribution is 5.92. The van der Waals surface area contributed by atoms with Crippen molar-refractivity contribution in [2.45, 2.75) is 50.3 Å². The molecular weight excluding hydrogens is 654 g/mol. The van der Waals surface area contributed by atoms with E-state index in [9.17, 15) is 27.5 Å². The number of halogens is 6. The summed E-state index contributed by atoms with van der Waals surface area (Å²) in [6.45, 7) is -0.321. The molecule has 5 aromatic rings. The molecule has 1 N–H and O–H groups in total. The summed E-state index contributed by atoms with van der Waals surface area (Å²) in [5.74, 6) is -4.01. The number of aromatic nitrogens is 3. The van der Waals surface area contributed by atoms with Crippen molar-refractivity contribution in [3.8, 4) is 23.2 Å². The van der Waals surface area contributed by atoms with E-state index in [4.69, 9.17) is 14.7 Å². The largest absolute Gasteiger partial charge is 0.478 e. The van der Waals surface area contributed by atoms with E-state index in [1.54, 1.807) is 0 Å². The van der Waals surface area contributed by atoms with E-state index in [2.05, 4.69) is 9.97 Å². The zero-order valence-electron chi connectivity index (χ0n) is 25.3. The van der Waals surface area contributed by atoms with E-state index in [1.165, 1.54) is 53.1 Å². The summed E-state index contributed by atoms with van der Waals surface area (Å²) >= 11 is 0. The van der Waals surface area contributed by atoms with Gasteiger partial charge in [0.1, 0.15) is 29.9 Å². The second-order valence-corrected chi connectivity index (χ2v) is 12.2. The van der Waals surface area contributed by atoms with Crippen molar-refractivity contribution in [1.82, 2.24) is 14.5 Å². The molecule has 1 aliphatic carbocycles. The fourth-order valence-electron chi connectivity index (χ4n) is 6.60. The summed E-state index contributed by atoms with van der Waals surface area (Å²) in [6.07, 6.45) is -6.43. The molecule has 3 fully saturated rings. The van der Waals surface area contributed by atoms with Gasteiger partial charge in [0.15, 0.2) is 6.10 Å². The zero-order chi connectivity index (χ0) is 34.7. The van der Waals surface area contributed by atoms with E-state index in [-0.39, 0.29) is 77.6 Å². The van der Waals surface area contributed by atoms with Crippen LogP contribution in [0.15, 0.2) is 66.7 Å². The predicted octanol–water partition coefficient (Wildman–Crippen LogP) is 7.37. The Morgan fingerprint density at radius 3 is 2.47 bits per heavy atom. The molecule has 8 rings (SSSR count). The maximum atomic E-state index is 15.7. The number of ether oxygens (including phenoxy) is 2. The maximum absolute atomic E-state index is 15.7. The number of nitrogens with zero attached hydrogens (tertiary/aromatic N) is 4. The molecule has 1 unspecified atom stereocenters. The van der Waals surface area contributed by atoms with Gasteiger partial charge in [0.05, 0.1) is 46.1 Å². The highest BCUT2D eigenvalue weighted by Crippen LogP contribution is 2.57. The fourth-order valence-corrected chi connectivity index (χ4v) is 6.60. The lowest BCUT2D eigenvalue weighted by Gasteiger charge is -2.36. The molecule has 4 heterocycles. The summed E-state index contributed by atoms with van der Waals surface area (Å²) in [7, 11) is 0. The van der Waals surface area contributed by atoms with Crippen molar-refractivity contribution in [3.63, 3.8) is 0 Å². The third kappa shape index (κ3) is 6.06. The van der Waals surface area contributed by atoms with E-state index in [0.717, 1.165) is 18.2 Å². The zero-order valence-corrected chi connectivity index (χ0v) is 25.3. The van der Waals surface area contributed by atoms with Gasteiger partial charge in [0.2, 0.25) is 5.88 Å². The average molecular weight is 679 g/mol. The van der Waals surface area contributed by atoms with Crippen LogP contribution in [0.2, 0.25) is 0 Å². The molecule has 14 heteroatoms. The number of aromatic carboxylic acids is 1. The third-order valence-corrected chi connectivity index (χ3v) is 8.96. The first-order valence-electron chi connectivity index (χ1n) is 15.1. The first-order chi connectivity index (χ1) is 23.3. The molecule has 3 aromatic carbocycles. The van der Waals surface area contributed by atoms with Gasteiger partial charge < -0.3 is 19.1 Å². The fraction of sp³-hybridized carbons (Fsp3) is 0.257. The molecule has 2 aromatic heterocycles. The minimum absolute atomic E-state index is 0.0131. The quantitative estimate of drug-likeness (QED) is 0.162. The van der Waals surface area contributed by atoms with Crippen LogP contribution < -0.4 is 4.74 Å². The molecule has 1 atom stereocenters. The van der Waals surface area contributed by atoms with Gasteiger partial charge in [0, 0.05) is 23.6 Å². The number of alkyl halides is 3. The number of carboxylic acids is 1. The molecule has 0 amide bonds. The SMILES string of the molecule is N#Cc1ccc(COc2cccc(-c3cc(F)c(Cc4nc5ccc(C(=O)O)cc5n4CC45CC(C4)C(C(F)(F)F)O5)cc3F)n2)c(F)c1. The molecule has 49 heavy (non-hydrogen) atoms. The van der Waals surface area contributed by atoms with Gasteiger partial charge in [-0.15, -0.1) is 0 Å². The Bertz CT molecular complexity index is 2170. The van der Waals surface area contributed by atoms with Crippen molar-refractivity contribution in [1.29, 1.82) is 5.26 Å². The molecule has 1 saturated carbocycles. The number of nitriles is 1. The van der Waals surface area contributed by atoms with Gasteiger partial charge in [-0.3, -0.25) is 0 Å². The van der Waals surface area contributed by atoms with E-state index in [0.29, 0.717) is 11.0 Å². The summed E-state index contributed by atoms with van der Waals surface area (Å²) in [5, 5.41) is 18.5. The van der Waals surface area contributed by atoms with Crippen LogP contribution in [0.3, 0.4) is 0 Å². The summed E-state index contributed by atoms with van der Waals surface area (Å²) in [4.78, 5) is 20.5. The van der Waals surface area contributed by atoms with Crippen molar-refractivity contribution in [2.75, 3.05) is 0 Å². The minimum Gasteiger partial charge on any atom is -0.478 e. The Kier molecular flexibility index (Phi) is 7.82. The van der Waals surface area contributed by atoms with Gasteiger partial charge in [-0.1, -0.05) is 12.1 Å². The van der Waals surface area contributed by atoms with Crippen LogP contribution >= 0.6 is 0 Å². The summed E-state index contributed by atoms with van der Waals surface area (Å²) in [5.41, 5.74) is -0.553. The van der Waals surface area contributed by atoms with E-state index < -0.39 is 47.2 Å². The molecule has 2 saturated heterocycles. The number of hydrogen-bond donors (Lipinski definition) is 1. The molecular formula is C35H24F6N4O4.